The number of benzene rings is 4. The predicted octanol–water partition coefficient (Wildman–Crippen LogP) is 6.64. The van der Waals surface area contributed by atoms with Crippen molar-refractivity contribution >= 4 is 27.8 Å². The number of para-hydroxylation sites is 1. The minimum atomic E-state index is -0.666. The van der Waals surface area contributed by atoms with Crippen molar-refractivity contribution in [2.24, 2.45) is 0 Å². The number of rotatable bonds is 12. The third-order valence-electron chi connectivity index (χ3n) is 6.91. The van der Waals surface area contributed by atoms with Gasteiger partial charge in [-0.25, -0.2) is 4.79 Å². The number of carbonyl (C=O) groups is 1. The van der Waals surface area contributed by atoms with Crippen molar-refractivity contribution in [3.63, 3.8) is 0 Å². The second kappa shape index (κ2) is 12.5. The van der Waals surface area contributed by atoms with E-state index >= 15 is 0 Å². The number of aliphatic hydroxyl groups is 1. The van der Waals surface area contributed by atoms with Crippen molar-refractivity contribution in [2.45, 2.75) is 38.8 Å². The minimum Gasteiger partial charge on any atom is -0.490 e. The minimum absolute atomic E-state index is 0.189. The lowest BCUT2D eigenvalue weighted by Gasteiger charge is -2.28. The first-order chi connectivity index (χ1) is 19.8. The molecule has 4 aromatic carbocycles. The summed E-state index contributed by atoms with van der Waals surface area (Å²) in [6.07, 6.45) is 0.102. The van der Waals surface area contributed by atoms with Gasteiger partial charge in [0.2, 0.25) is 0 Å². The van der Waals surface area contributed by atoms with Crippen molar-refractivity contribution in [3.8, 4) is 17.2 Å². The summed E-state index contributed by atoms with van der Waals surface area (Å²) in [4.78, 5) is 15.2. The average Bonchev–Trinajstić information content (AvgIpc) is 3.36. The Kier molecular flexibility index (Phi) is 8.57. The van der Waals surface area contributed by atoms with Gasteiger partial charge in [0.15, 0.2) is 0 Å². The summed E-state index contributed by atoms with van der Waals surface area (Å²) in [6.45, 7) is 6.94. The van der Waals surface area contributed by atoms with E-state index in [1.807, 2.05) is 60.7 Å². The molecule has 0 amide bonds. The first kappa shape index (κ1) is 28.2. The molecule has 0 fully saturated rings. The number of carbonyl (C=O) groups excluding carboxylic acids is 1. The topological polar surface area (TPSA) is 92.8 Å². The average molecular weight is 553 g/mol. The zero-order valence-corrected chi connectivity index (χ0v) is 23.6. The number of nitrogens with one attached hydrogen (secondary N) is 2. The zero-order valence-electron chi connectivity index (χ0n) is 23.6. The van der Waals surface area contributed by atoms with Crippen LogP contribution in [-0.2, 0) is 11.2 Å². The van der Waals surface area contributed by atoms with Crippen LogP contribution in [0.1, 0.15) is 36.7 Å². The lowest BCUT2D eigenvalue weighted by atomic mass is 9.94. The van der Waals surface area contributed by atoms with E-state index in [2.05, 4.69) is 30.2 Å². The molecule has 0 bridgehead atoms. The molecule has 1 unspecified atom stereocenters. The molecule has 7 heteroatoms. The van der Waals surface area contributed by atoms with Gasteiger partial charge in [-0.3, -0.25) is 0 Å². The van der Waals surface area contributed by atoms with Gasteiger partial charge in [-0.2, -0.15) is 0 Å². The van der Waals surface area contributed by atoms with Crippen LogP contribution >= 0.6 is 0 Å². The number of hydrogen-bond donors (Lipinski definition) is 3. The highest BCUT2D eigenvalue weighted by Gasteiger charge is 2.20. The molecule has 0 radical (unpaired) electrons. The molecule has 0 aliphatic rings. The maximum Gasteiger partial charge on any atom is 0.338 e. The molecule has 1 atom stereocenters. The fraction of sp³-hybridized carbons (Fsp3) is 0.265. The van der Waals surface area contributed by atoms with Crippen molar-refractivity contribution < 1.29 is 24.1 Å². The van der Waals surface area contributed by atoms with Crippen LogP contribution in [0.5, 0.6) is 17.2 Å². The van der Waals surface area contributed by atoms with Gasteiger partial charge in [0.05, 0.1) is 17.7 Å². The van der Waals surface area contributed by atoms with Crippen LogP contribution in [0.2, 0.25) is 0 Å². The van der Waals surface area contributed by atoms with E-state index in [0.717, 1.165) is 39.5 Å². The second-order valence-electron chi connectivity index (χ2n) is 10.7. The molecule has 1 aromatic heterocycles. The summed E-state index contributed by atoms with van der Waals surface area (Å²) < 4.78 is 17.0. The Morgan fingerprint density at radius 1 is 0.902 bits per heavy atom. The number of ether oxygens (including phenoxy) is 3. The maximum absolute atomic E-state index is 11.8. The van der Waals surface area contributed by atoms with E-state index in [0.29, 0.717) is 30.2 Å². The highest BCUT2D eigenvalue weighted by molar-refractivity contribution is 6.10. The first-order valence-corrected chi connectivity index (χ1v) is 13.9. The molecule has 3 N–H and O–H groups in total. The number of β-amino-alcohol motifs (C(OH)–C–C–N with tert-alkyl or cyclic N) is 1. The van der Waals surface area contributed by atoms with Crippen LogP contribution in [-0.4, -0.2) is 47.5 Å². The number of esters is 1. The smallest absolute Gasteiger partial charge is 0.338 e. The molecule has 1 heterocycles. The number of aromatic amines is 1. The van der Waals surface area contributed by atoms with Crippen molar-refractivity contribution in [3.05, 3.63) is 102 Å². The van der Waals surface area contributed by atoms with Gasteiger partial charge in [-0.1, -0.05) is 36.4 Å². The highest BCUT2D eigenvalue weighted by atomic mass is 16.5. The van der Waals surface area contributed by atoms with Gasteiger partial charge in [0.25, 0.3) is 0 Å². The fourth-order valence-corrected chi connectivity index (χ4v) is 4.89. The SMILES string of the molecule is CCOC(=O)c1ccc(Oc2ccc(CC(C)(C)NCC(O)COc3cccc4[nH]c5ccccc5c34)cc2)cc1. The lowest BCUT2D eigenvalue weighted by molar-refractivity contribution is 0.0526. The number of H-pyrrole nitrogens is 1. The summed E-state index contributed by atoms with van der Waals surface area (Å²) >= 11 is 0. The molecule has 5 rings (SSSR count). The third kappa shape index (κ3) is 7.06. The molecule has 0 saturated carbocycles. The van der Waals surface area contributed by atoms with Crippen LogP contribution in [0.4, 0.5) is 0 Å². The number of aliphatic hydroxyl groups excluding tert-OH is 1. The fourth-order valence-electron chi connectivity index (χ4n) is 4.89. The Balaban J connectivity index is 1.11. The second-order valence-corrected chi connectivity index (χ2v) is 10.7. The van der Waals surface area contributed by atoms with E-state index in [-0.39, 0.29) is 18.1 Å². The van der Waals surface area contributed by atoms with E-state index in [9.17, 15) is 9.90 Å². The van der Waals surface area contributed by atoms with E-state index in [4.69, 9.17) is 14.2 Å². The Morgan fingerprint density at radius 2 is 1.59 bits per heavy atom. The Hall–Kier alpha value is -4.33. The van der Waals surface area contributed by atoms with Gasteiger partial charge < -0.3 is 29.6 Å². The molecule has 5 aromatic rings. The van der Waals surface area contributed by atoms with Crippen LogP contribution in [0.15, 0.2) is 91.0 Å². The summed E-state index contributed by atoms with van der Waals surface area (Å²) in [5, 5.41) is 16.3. The van der Waals surface area contributed by atoms with Gasteiger partial charge in [-0.15, -0.1) is 0 Å². The van der Waals surface area contributed by atoms with E-state index in [1.165, 1.54) is 0 Å². The van der Waals surface area contributed by atoms with E-state index in [1.54, 1.807) is 31.2 Å². The van der Waals surface area contributed by atoms with Gasteiger partial charge >= 0.3 is 5.97 Å². The molecule has 0 aliphatic heterocycles. The predicted molar refractivity (Wildman–Crippen MR) is 162 cm³/mol. The number of fused-ring (bicyclic) bond motifs is 3. The van der Waals surface area contributed by atoms with Crippen molar-refractivity contribution in [2.75, 3.05) is 19.8 Å². The Bertz CT molecular complexity index is 1610. The molecular weight excluding hydrogens is 516 g/mol. The summed E-state index contributed by atoms with van der Waals surface area (Å²) in [5.41, 5.74) is 3.47. The molecule has 0 saturated heterocycles. The van der Waals surface area contributed by atoms with Crippen LogP contribution in [0.3, 0.4) is 0 Å². The summed E-state index contributed by atoms with van der Waals surface area (Å²) in [5.74, 6) is 1.77. The van der Waals surface area contributed by atoms with Gasteiger partial charge in [0, 0.05) is 28.4 Å². The third-order valence-corrected chi connectivity index (χ3v) is 6.91. The molecule has 0 aliphatic carbocycles. The molecule has 0 spiro atoms. The Morgan fingerprint density at radius 3 is 2.32 bits per heavy atom. The van der Waals surface area contributed by atoms with Crippen molar-refractivity contribution in [1.29, 1.82) is 0 Å². The summed E-state index contributed by atoms with van der Waals surface area (Å²) in [6, 6.07) is 28.9. The quantitative estimate of drug-likeness (QED) is 0.150. The monoisotopic (exact) mass is 552 g/mol. The van der Waals surface area contributed by atoms with Crippen LogP contribution in [0, 0.1) is 0 Å². The summed E-state index contributed by atoms with van der Waals surface area (Å²) in [7, 11) is 0. The maximum atomic E-state index is 11.8. The number of hydrogen-bond acceptors (Lipinski definition) is 6. The largest absolute Gasteiger partial charge is 0.490 e. The highest BCUT2D eigenvalue weighted by Crippen LogP contribution is 2.33. The number of aromatic nitrogens is 1. The van der Waals surface area contributed by atoms with Crippen LogP contribution < -0.4 is 14.8 Å². The molecular formula is C34H36N2O5. The standard InChI is InChI=1S/C34H36N2O5/c1-4-39-33(38)24-14-18-27(19-15-24)41-26-16-12-23(13-17-26)20-34(2,3)35-21-25(37)22-40-31-11-7-10-30-32(31)28-8-5-6-9-29(28)36-30/h5-19,25,35-37H,4,20-22H2,1-3H3. The molecule has 7 nitrogen and oxygen atoms in total. The van der Waals surface area contributed by atoms with Crippen molar-refractivity contribution in [1.82, 2.24) is 10.3 Å². The van der Waals surface area contributed by atoms with Gasteiger partial charge in [0.1, 0.15) is 30.0 Å². The first-order valence-electron chi connectivity index (χ1n) is 13.9. The van der Waals surface area contributed by atoms with Gasteiger partial charge in [-0.05, 0) is 87.4 Å². The Labute approximate surface area is 240 Å². The lowest BCUT2D eigenvalue weighted by Crippen LogP contribution is -2.46. The molecule has 41 heavy (non-hydrogen) atoms. The van der Waals surface area contributed by atoms with E-state index < -0.39 is 6.10 Å². The normalized spacial score (nSPS) is 12.4. The zero-order chi connectivity index (χ0) is 28.8. The molecule has 212 valence electrons. The van der Waals surface area contributed by atoms with Crippen LogP contribution in [0.25, 0.3) is 21.8 Å².